The van der Waals surface area contributed by atoms with Gasteiger partial charge in [-0.05, 0) is 42.2 Å². The molecular weight excluding hydrogens is 470 g/mol. The topological polar surface area (TPSA) is 58.6 Å². The quantitative estimate of drug-likeness (QED) is 0.382. The van der Waals surface area contributed by atoms with Gasteiger partial charge in [-0.1, -0.05) is 41.9 Å². The fourth-order valence-electron chi connectivity index (χ4n) is 3.08. The van der Waals surface area contributed by atoms with Crippen molar-refractivity contribution in [2.45, 2.75) is 38.5 Å². The minimum atomic E-state index is -4.78. The van der Waals surface area contributed by atoms with E-state index >= 15 is 0 Å². The molecule has 4 nitrogen and oxygen atoms in total. The zero-order valence-electron chi connectivity index (χ0n) is 16.6. The van der Waals surface area contributed by atoms with Crippen LogP contribution in [0.15, 0.2) is 40.9 Å². The molecule has 164 valence electrons. The molecule has 30 heavy (non-hydrogen) atoms. The number of hydrogen-bond acceptors (Lipinski definition) is 4. The molecule has 0 heterocycles. The molecule has 0 saturated heterocycles. The number of methoxy groups -OCH3 is 1. The Labute approximate surface area is 180 Å². The number of halogens is 5. The van der Waals surface area contributed by atoms with Crippen molar-refractivity contribution in [1.29, 1.82) is 0 Å². The van der Waals surface area contributed by atoms with E-state index in [1.807, 2.05) is 0 Å². The van der Waals surface area contributed by atoms with Crippen molar-refractivity contribution in [3.05, 3.63) is 52.3 Å². The van der Waals surface area contributed by atoms with Crippen molar-refractivity contribution in [3.63, 3.8) is 0 Å². The Morgan fingerprint density at radius 3 is 2.37 bits per heavy atom. The number of phenolic OH excluding ortho intramolecular Hbond substituents is 1. The molecule has 0 aliphatic rings. The van der Waals surface area contributed by atoms with Crippen LogP contribution < -0.4 is 5.32 Å². The van der Waals surface area contributed by atoms with Crippen molar-refractivity contribution in [3.8, 4) is 16.9 Å². The lowest BCUT2D eigenvalue weighted by atomic mass is 9.97. The second-order valence-corrected chi connectivity index (χ2v) is 8.16. The molecule has 2 N–H and O–H groups in total. The molecule has 0 fully saturated rings. The van der Waals surface area contributed by atoms with Gasteiger partial charge in [-0.25, -0.2) is 4.39 Å². The first kappa shape index (κ1) is 24.1. The van der Waals surface area contributed by atoms with E-state index in [-0.39, 0.29) is 29.2 Å². The van der Waals surface area contributed by atoms with E-state index in [1.165, 1.54) is 18.2 Å². The molecule has 0 saturated carbocycles. The van der Waals surface area contributed by atoms with Crippen LogP contribution in [-0.4, -0.2) is 30.4 Å². The van der Waals surface area contributed by atoms with Crippen LogP contribution in [0.4, 0.5) is 17.6 Å². The number of aromatic hydroxyl groups is 1. The lowest BCUT2D eigenvalue weighted by molar-refractivity contribution is -0.164. The maximum atomic E-state index is 14.8. The van der Waals surface area contributed by atoms with Crippen molar-refractivity contribution < 1.29 is 32.2 Å². The minimum absolute atomic E-state index is 0.0508. The van der Waals surface area contributed by atoms with E-state index < -0.39 is 35.6 Å². The van der Waals surface area contributed by atoms with Crippen molar-refractivity contribution >= 4 is 21.9 Å². The van der Waals surface area contributed by atoms with Gasteiger partial charge in [0, 0.05) is 15.6 Å². The van der Waals surface area contributed by atoms with E-state index in [0.717, 1.165) is 19.2 Å². The molecule has 2 aromatic carbocycles. The van der Waals surface area contributed by atoms with Gasteiger partial charge in [0.2, 0.25) is 0 Å². The monoisotopic (exact) mass is 491 g/mol. The first-order chi connectivity index (χ1) is 13.9. The van der Waals surface area contributed by atoms with Gasteiger partial charge in [0.1, 0.15) is 23.7 Å². The zero-order chi connectivity index (χ0) is 22.6. The third-order valence-corrected chi connectivity index (χ3v) is 4.96. The Hall–Kier alpha value is -2.13. The van der Waals surface area contributed by atoms with Gasteiger partial charge in [0.25, 0.3) is 0 Å². The summed E-state index contributed by atoms with van der Waals surface area (Å²) >= 11 is 3.21. The highest BCUT2D eigenvalue weighted by atomic mass is 79.9. The average Bonchev–Trinajstić information content (AvgIpc) is 2.65. The summed E-state index contributed by atoms with van der Waals surface area (Å²) < 4.78 is 61.2. The fourth-order valence-corrected chi connectivity index (χ4v) is 3.44. The highest BCUT2D eigenvalue weighted by Gasteiger charge is 2.43. The van der Waals surface area contributed by atoms with Gasteiger partial charge in [-0.2, -0.15) is 13.2 Å². The molecule has 0 aromatic heterocycles. The summed E-state index contributed by atoms with van der Waals surface area (Å²) in [6.45, 7) is 3.53. The SMILES string of the molecule is COC(=O)C(CC(C)C)NC(c1ccc(-c2cc(Br)ccc2O)c(F)c1)C(F)(F)F. The molecular formula is C21H22BrF4NO3. The Bertz CT molecular complexity index is 902. The highest BCUT2D eigenvalue weighted by Crippen LogP contribution is 2.38. The number of nitrogens with one attached hydrogen (secondary N) is 1. The molecule has 0 amide bonds. The summed E-state index contributed by atoms with van der Waals surface area (Å²) in [4.78, 5) is 12.0. The van der Waals surface area contributed by atoms with Crippen LogP contribution in [0.25, 0.3) is 11.1 Å². The number of rotatable bonds is 7. The van der Waals surface area contributed by atoms with Crippen LogP contribution in [-0.2, 0) is 9.53 Å². The van der Waals surface area contributed by atoms with Gasteiger partial charge in [0.15, 0.2) is 0 Å². The van der Waals surface area contributed by atoms with E-state index in [9.17, 15) is 27.5 Å². The second kappa shape index (κ2) is 9.78. The number of hydrogen-bond donors (Lipinski definition) is 2. The van der Waals surface area contributed by atoms with Crippen LogP contribution in [0.5, 0.6) is 5.75 Å². The molecule has 0 spiro atoms. The molecule has 0 aliphatic heterocycles. The molecule has 0 radical (unpaired) electrons. The highest BCUT2D eigenvalue weighted by molar-refractivity contribution is 9.10. The molecule has 2 atom stereocenters. The van der Waals surface area contributed by atoms with Gasteiger partial charge in [0.05, 0.1) is 7.11 Å². The Morgan fingerprint density at radius 1 is 1.17 bits per heavy atom. The van der Waals surface area contributed by atoms with Gasteiger partial charge < -0.3 is 9.84 Å². The number of ether oxygens (including phenoxy) is 1. The molecule has 2 aromatic rings. The van der Waals surface area contributed by atoms with Gasteiger partial charge >= 0.3 is 12.1 Å². The van der Waals surface area contributed by atoms with Crippen LogP contribution in [0.3, 0.4) is 0 Å². The fraction of sp³-hybridized carbons (Fsp3) is 0.381. The first-order valence-electron chi connectivity index (χ1n) is 9.13. The summed E-state index contributed by atoms with van der Waals surface area (Å²) in [6, 6.07) is 3.91. The Balaban J connectivity index is 2.44. The maximum absolute atomic E-state index is 14.8. The lowest BCUT2D eigenvalue weighted by Gasteiger charge is -2.27. The van der Waals surface area contributed by atoms with Crippen molar-refractivity contribution in [1.82, 2.24) is 5.32 Å². The molecule has 2 rings (SSSR count). The summed E-state index contributed by atoms with van der Waals surface area (Å²) in [5.74, 6) is -2.04. The van der Waals surface area contributed by atoms with E-state index in [2.05, 4.69) is 26.0 Å². The van der Waals surface area contributed by atoms with Crippen molar-refractivity contribution in [2.75, 3.05) is 7.11 Å². The van der Waals surface area contributed by atoms with Crippen LogP contribution in [0, 0.1) is 11.7 Å². The lowest BCUT2D eigenvalue weighted by Crippen LogP contribution is -2.45. The number of alkyl halides is 3. The van der Waals surface area contributed by atoms with Crippen LogP contribution in [0.2, 0.25) is 0 Å². The van der Waals surface area contributed by atoms with E-state index in [0.29, 0.717) is 4.47 Å². The average molecular weight is 492 g/mol. The first-order valence-corrected chi connectivity index (χ1v) is 9.92. The maximum Gasteiger partial charge on any atom is 0.407 e. The van der Waals surface area contributed by atoms with E-state index in [4.69, 9.17) is 0 Å². The number of carbonyl (C=O) groups excluding carboxylic acids is 1. The van der Waals surface area contributed by atoms with Gasteiger partial charge in [-0.3, -0.25) is 10.1 Å². The molecule has 0 bridgehead atoms. The number of benzene rings is 2. The second-order valence-electron chi connectivity index (χ2n) is 7.25. The predicted octanol–water partition coefficient (Wildman–Crippen LogP) is 5.74. The zero-order valence-corrected chi connectivity index (χ0v) is 18.1. The van der Waals surface area contributed by atoms with Crippen LogP contribution >= 0.6 is 15.9 Å². The van der Waals surface area contributed by atoms with Gasteiger partial charge in [-0.15, -0.1) is 0 Å². The summed E-state index contributed by atoms with van der Waals surface area (Å²) in [7, 11) is 1.10. The molecule has 0 aliphatic carbocycles. The molecule has 9 heteroatoms. The summed E-state index contributed by atoms with van der Waals surface area (Å²) in [6.07, 6.45) is -4.67. The minimum Gasteiger partial charge on any atom is -0.507 e. The third-order valence-electron chi connectivity index (χ3n) is 4.46. The summed E-state index contributed by atoms with van der Waals surface area (Å²) in [5.41, 5.74) is -0.307. The number of esters is 1. The van der Waals surface area contributed by atoms with Crippen LogP contribution in [0.1, 0.15) is 31.9 Å². The predicted molar refractivity (Wildman–Crippen MR) is 108 cm³/mol. The molecule has 2 unspecified atom stereocenters. The third kappa shape index (κ3) is 5.95. The standard InChI is InChI=1S/C21H22BrF4NO3/c1-11(2)8-17(20(29)30-3)27-19(21(24,25)26)12-4-6-14(16(23)9-12)15-10-13(22)5-7-18(15)28/h4-7,9-11,17,19,27-28H,8H2,1-3H3. The smallest absolute Gasteiger partial charge is 0.407 e. The normalized spacial score (nSPS) is 13.9. The Morgan fingerprint density at radius 2 is 1.83 bits per heavy atom. The Kier molecular flexibility index (Phi) is 7.87. The summed E-state index contributed by atoms with van der Waals surface area (Å²) in [5, 5.41) is 12.3. The van der Waals surface area contributed by atoms with Crippen molar-refractivity contribution in [2.24, 2.45) is 5.92 Å². The number of phenols is 1. The number of carbonyl (C=O) groups is 1. The largest absolute Gasteiger partial charge is 0.507 e. The van der Waals surface area contributed by atoms with E-state index in [1.54, 1.807) is 19.9 Å².